The van der Waals surface area contributed by atoms with Gasteiger partial charge in [-0.25, -0.2) is 5.84 Å². The van der Waals surface area contributed by atoms with Crippen molar-refractivity contribution in [3.63, 3.8) is 0 Å². The minimum atomic E-state index is -0.506. The van der Waals surface area contributed by atoms with Crippen LogP contribution in [0.3, 0.4) is 0 Å². The van der Waals surface area contributed by atoms with Crippen LogP contribution in [0.2, 0.25) is 0 Å². The maximum atomic E-state index is 11.4. The average molecular weight is 224 g/mol. The lowest BCUT2D eigenvalue weighted by atomic mass is 9.95. The molecule has 0 heterocycles. The highest BCUT2D eigenvalue weighted by atomic mass is 32.1. The van der Waals surface area contributed by atoms with E-state index in [9.17, 15) is 4.79 Å². The van der Waals surface area contributed by atoms with Gasteiger partial charge in [-0.2, -0.15) is 12.6 Å². The zero-order valence-electron chi connectivity index (χ0n) is 8.90. The van der Waals surface area contributed by atoms with E-state index in [1.807, 2.05) is 24.3 Å². The van der Waals surface area contributed by atoms with Crippen molar-refractivity contribution in [2.75, 3.05) is 0 Å². The minimum Gasteiger partial charge on any atom is -0.293 e. The number of carbonyl (C=O) groups is 1. The molecule has 0 bridgehead atoms. The smallest absolute Gasteiger partial charge is 0.251 e. The molecule has 15 heavy (non-hydrogen) atoms. The zero-order valence-corrected chi connectivity index (χ0v) is 9.79. The topological polar surface area (TPSA) is 55.1 Å². The van der Waals surface area contributed by atoms with Gasteiger partial charge in [0.05, 0.1) is 0 Å². The highest BCUT2D eigenvalue weighted by Crippen LogP contribution is 2.28. The van der Waals surface area contributed by atoms with Crippen molar-refractivity contribution >= 4 is 18.5 Å². The first kappa shape index (κ1) is 12.1. The summed E-state index contributed by atoms with van der Waals surface area (Å²) in [5, 5.41) is -0.506. The van der Waals surface area contributed by atoms with Gasteiger partial charge in [-0.1, -0.05) is 38.1 Å². The van der Waals surface area contributed by atoms with Crippen molar-refractivity contribution in [1.82, 2.24) is 5.43 Å². The second-order valence-electron chi connectivity index (χ2n) is 3.69. The fourth-order valence-corrected chi connectivity index (χ4v) is 1.82. The zero-order chi connectivity index (χ0) is 11.4. The van der Waals surface area contributed by atoms with E-state index in [1.165, 1.54) is 0 Å². The van der Waals surface area contributed by atoms with Gasteiger partial charge in [0, 0.05) is 0 Å². The van der Waals surface area contributed by atoms with Crippen molar-refractivity contribution in [3.05, 3.63) is 35.4 Å². The van der Waals surface area contributed by atoms with Gasteiger partial charge in [-0.15, -0.1) is 0 Å². The molecular formula is C11H16N2OS. The number of nitrogens with two attached hydrogens (primary N) is 1. The van der Waals surface area contributed by atoms with Crippen LogP contribution >= 0.6 is 12.6 Å². The molecule has 0 aliphatic carbocycles. The van der Waals surface area contributed by atoms with Crippen LogP contribution in [0.4, 0.5) is 0 Å². The first-order chi connectivity index (χ1) is 7.07. The molecular weight excluding hydrogens is 208 g/mol. The summed E-state index contributed by atoms with van der Waals surface area (Å²) in [5.41, 5.74) is 4.16. The van der Waals surface area contributed by atoms with Gasteiger partial charge in [0.15, 0.2) is 0 Å². The van der Waals surface area contributed by atoms with Crippen molar-refractivity contribution in [2.24, 2.45) is 5.84 Å². The van der Waals surface area contributed by atoms with Gasteiger partial charge >= 0.3 is 0 Å². The fraction of sp³-hybridized carbons (Fsp3) is 0.364. The third kappa shape index (κ3) is 2.73. The lowest BCUT2D eigenvalue weighted by molar-refractivity contribution is -0.120. The van der Waals surface area contributed by atoms with Gasteiger partial charge in [0.2, 0.25) is 0 Å². The maximum Gasteiger partial charge on any atom is 0.251 e. The molecule has 0 aliphatic heterocycles. The van der Waals surface area contributed by atoms with Crippen LogP contribution in [0.25, 0.3) is 0 Å². The first-order valence-electron chi connectivity index (χ1n) is 4.85. The molecule has 1 amide bonds. The summed E-state index contributed by atoms with van der Waals surface area (Å²) in [4.78, 5) is 11.4. The van der Waals surface area contributed by atoms with Crippen LogP contribution in [0.1, 0.15) is 36.1 Å². The van der Waals surface area contributed by atoms with Crippen molar-refractivity contribution in [2.45, 2.75) is 25.0 Å². The van der Waals surface area contributed by atoms with Crippen LogP contribution in [-0.4, -0.2) is 5.91 Å². The Morgan fingerprint density at radius 3 is 2.33 bits per heavy atom. The lowest BCUT2D eigenvalue weighted by Crippen LogP contribution is -2.33. The summed E-state index contributed by atoms with van der Waals surface area (Å²) in [5.74, 6) is 5.16. The second kappa shape index (κ2) is 5.19. The molecule has 0 saturated heterocycles. The summed E-state index contributed by atoms with van der Waals surface area (Å²) in [6.07, 6.45) is 0. The van der Waals surface area contributed by atoms with Crippen LogP contribution < -0.4 is 11.3 Å². The highest BCUT2D eigenvalue weighted by molar-refractivity contribution is 7.81. The average Bonchev–Trinajstić information content (AvgIpc) is 2.27. The summed E-state index contributed by atoms with van der Waals surface area (Å²) in [6, 6.07) is 7.77. The Morgan fingerprint density at radius 1 is 1.33 bits per heavy atom. The lowest BCUT2D eigenvalue weighted by Gasteiger charge is -2.16. The van der Waals surface area contributed by atoms with E-state index < -0.39 is 5.25 Å². The highest BCUT2D eigenvalue weighted by Gasteiger charge is 2.18. The number of nitrogens with one attached hydrogen (secondary N) is 1. The van der Waals surface area contributed by atoms with Crippen LogP contribution in [-0.2, 0) is 4.79 Å². The van der Waals surface area contributed by atoms with E-state index in [-0.39, 0.29) is 5.91 Å². The van der Waals surface area contributed by atoms with Crippen LogP contribution in [0.15, 0.2) is 24.3 Å². The molecule has 0 aromatic heterocycles. The molecule has 1 rings (SSSR count). The number of thiol groups is 1. The van der Waals surface area contributed by atoms with E-state index >= 15 is 0 Å². The number of amides is 1. The SMILES string of the molecule is CC(C)c1ccccc1C(S)C(=O)NN. The molecule has 0 saturated carbocycles. The quantitative estimate of drug-likeness (QED) is 0.317. The number of hydrogen-bond acceptors (Lipinski definition) is 3. The van der Waals surface area contributed by atoms with E-state index in [1.54, 1.807) is 0 Å². The normalized spacial score (nSPS) is 12.6. The number of benzene rings is 1. The Morgan fingerprint density at radius 2 is 1.87 bits per heavy atom. The predicted octanol–water partition coefficient (Wildman–Crippen LogP) is 1.77. The Bertz CT molecular complexity index is 352. The Kier molecular flexibility index (Phi) is 4.17. The van der Waals surface area contributed by atoms with Gasteiger partial charge in [-0.05, 0) is 17.0 Å². The number of hydrazine groups is 1. The van der Waals surface area contributed by atoms with Crippen molar-refractivity contribution in [1.29, 1.82) is 0 Å². The third-order valence-corrected chi connectivity index (χ3v) is 2.82. The maximum absolute atomic E-state index is 11.4. The number of hydrogen-bond donors (Lipinski definition) is 3. The Balaban J connectivity index is 3.07. The molecule has 0 fully saturated rings. The molecule has 3 N–H and O–H groups in total. The monoisotopic (exact) mass is 224 g/mol. The Hall–Kier alpha value is -1.00. The molecule has 1 aromatic rings. The third-order valence-electron chi connectivity index (χ3n) is 2.30. The van der Waals surface area contributed by atoms with E-state index in [0.29, 0.717) is 5.92 Å². The summed E-state index contributed by atoms with van der Waals surface area (Å²) in [6.45, 7) is 4.17. The summed E-state index contributed by atoms with van der Waals surface area (Å²) >= 11 is 4.27. The van der Waals surface area contributed by atoms with Crippen molar-refractivity contribution in [3.8, 4) is 0 Å². The van der Waals surface area contributed by atoms with E-state index in [0.717, 1.165) is 11.1 Å². The van der Waals surface area contributed by atoms with Gasteiger partial charge in [-0.3, -0.25) is 10.2 Å². The number of rotatable bonds is 3. The molecule has 1 aromatic carbocycles. The van der Waals surface area contributed by atoms with Gasteiger partial charge < -0.3 is 0 Å². The molecule has 1 unspecified atom stereocenters. The molecule has 4 heteroatoms. The summed E-state index contributed by atoms with van der Waals surface area (Å²) in [7, 11) is 0. The molecule has 82 valence electrons. The molecule has 0 aliphatic rings. The first-order valence-corrected chi connectivity index (χ1v) is 5.37. The predicted molar refractivity (Wildman–Crippen MR) is 64.6 cm³/mol. The van der Waals surface area contributed by atoms with Gasteiger partial charge in [0.1, 0.15) is 5.25 Å². The fourth-order valence-electron chi connectivity index (χ4n) is 1.51. The van der Waals surface area contributed by atoms with Crippen molar-refractivity contribution < 1.29 is 4.79 Å². The standard InChI is InChI=1S/C11H16N2OS/c1-7(2)8-5-3-4-6-9(8)10(15)11(14)13-12/h3-7,10,15H,12H2,1-2H3,(H,13,14). The van der Waals surface area contributed by atoms with Crippen LogP contribution in [0, 0.1) is 0 Å². The summed E-state index contributed by atoms with van der Waals surface area (Å²) < 4.78 is 0. The molecule has 1 atom stereocenters. The number of carbonyl (C=O) groups excluding carboxylic acids is 1. The minimum absolute atomic E-state index is 0.286. The molecule has 0 radical (unpaired) electrons. The van der Waals surface area contributed by atoms with E-state index in [4.69, 9.17) is 5.84 Å². The Labute approximate surface area is 95.4 Å². The molecule has 0 spiro atoms. The second-order valence-corrected chi connectivity index (χ2v) is 4.21. The van der Waals surface area contributed by atoms with E-state index in [2.05, 4.69) is 31.9 Å². The van der Waals surface area contributed by atoms with Gasteiger partial charge in [0.25, 0.3) is 5.91 Å². The largest absolute Gasteiger partial charge is 0.293 e. The van der Waals surface area contributed by atoms with Crippen LogP contribution in [0.5, 0.6) is 0 Å². The molecule has 3 nitrogen and oxygen atoms in total.